The topological polar surface area (TPSA) is 143 Å². The SMILES string of the molecule is C[C@H](O)C(=O)O[C@H](C(=O)OC1=CC[C@@]2(O)[C@H]3Cc4ccc(O)c5c4[C@@]2(CCCN3C)[C@H]1O5)c1ccccc1.O=CC(F)(F)F. The highest BCUT2D eigenvalue weighted by molar-refractivity contribution is 5.83. The Morgan fingerprint density at radius 2 is 1.84 bits per heavy atom. The third-order valence-electron chi connectivity index (χ3n) is 8.82. The van der Waals surface area contributed by atoms with Gasteiger partial charge in [0.2, 0.25) is 12.4 Å². The van der Waals surface area contributed by atoms with Gasteiger partial charge in [-0.25, -0.2) is 9.59 Å². The molecule has 2 aromatic carbocycles. The van der Waals surface area contributed by atoms with Crippen molar-refractivity contribution < 1.29 is 57.1 Å². The van der Waals surface area contributed by atoms with Gasteiger partial charge in [-0.1, -0.05) is 36.4 Å². The van der Waals surface area contributed by atoms with E-state index in [4.69, 9.17) is 19.0 Å². The van der Waals surface area contributed by atoms with Crippen LogP contribution in [-0.2, 0) is 35.7 Å². The lowest BCUT2D eigenvalue weighted by Gasteiger charge is -2.56. The number of likely N-dealkylation sites (N-methyl/N-ethyl adjacent to an activating group) is 1. The van der Waals surface area contributed by atoms with E-state index >= 15 is 0 Å². The number of hydrogen-bond acceptors (Lipinski definition) is 10. The summed E-state index contributed by atoms with van der Waals surface area (Å²) in [6.45, 7) is 2.05. The molecule has 236 valence electrons. The molecule has 44 heavy (non-hydrogen) atoms. The number of alkyl halides is 3. The second kappa shape index (κ2) is 11.5. The summed E-state index contributed by atoms with van der Waals surface area (Å²) in [5.74, 6) is -1.30. The van der Waals surface area contributed by atoms with E-state index in [-0.39, 0.29) is 24.0 Å². The summed E-state index contributed by atoms with van der Waals surface area (Å²) >= 11 is 0. The summed E-state index contributed by atoms with van der Waals surface area (Å²) in [5.41, 5.74) is 0.0553. The fourth-order valence-electron chi connectivity index (χ4n) is 6.96. The van der Waals surface area contributed by atoms with E-state index in [0.29, 0.717) is 24.2 Å². The second-order valence-corrected chi connectivity index (χ2v) is 11.4. The number of phenolic OH excluding ortho intramolecular Hbond substituents is 1. The number of aliphatic hydroxyl groups is 2. The summed E-state index contributed by atoms with van der Waals surface area (Å²) in [4.78, 5) is 36.7. The lowest BCUT2D eigenvalue weighted by molar-refractivity contribution is -0.174. The summed E-state index contributed by atoms with van der Waals surface area (Å²) in [7, 11) is 2.01. The minimum absolute atomic E-state index is 0.0235. The molecule has 3 N–H and O–H groups in total. The predicted octanol–water partition coefficient (Wildman–Crippen LogP) is 3.02. The number of carbonyl (C=O) groups is 3. The Labute approximate surface area is 250 Å². The van der Waals surface area contributed by atoms with Crippen molar-refractivity contribution in [3.05, 3.63) is 71.0 Å². The van der Waals surface area contributed by atoms with Gasteiger partial charge in [0.15, 0.2) is 17.6 Å². The highest BCUT2D eigenvalue weighted by Gasteiger charge is 2.71. The number of aromatic hydroxyl groups is 1. The summed E-state index contributed by atoms with van der Waals surface area (Å²) < 4.78 is 48.9. The summed E-state index contributed by atoms with van der Waals surface area (Å²) in [6.07, 6.45) is -5.52. The first kappa shape index (κ1) is 31.5. The first-order chi connectivity index (χ1) is 20.7. The van der Waals surface area contributed by atoms with Crippen molar-refractivity contribution in [3.63, 3.8) is 0 Å². The number of halogens is 3. The van der Waals surface area contributed by atoms with Crippen LogP contribution in [0.2, 0.25) is 0 Å². The van der Waals surface area contributed by atoms with Crippen molar-refractivity contribution in [2.45, 2.75) is 74.2 Å². The van der Waals surface area contributed by atoms with Crippen LogP contribution in [0.25, 0.3) is 0 Å². The number of phenols is 1. The number of benzene rings is 2. The minimum atomic E-state index is -4.64. The van der Waals surface area contributed by atoms with E-state index in [1.165, 1.54) is 6.92 Å². The molecule has 6 rings (SSSR count). The van der Waals surface area contributed by atoms with E-state index in [9.17, 15) is 38.1 Å². The zero-order valence-corrected chi connectivity index (χ0v) is 23.9. The van der Waals surface area contributed by atoms with E-state index in [2.05, 4.69) is 4.90 Å². The monoisotopic (exact) mass is 619 g/mol. The molecular weight excluding hydrogens is 587 g/mol. The highest BCUT2D eigenvalue weighted by Crippen LogP contribution is 2.65. The van der Waals surface area contributed by atoms with Crippen LogP contribution in [0.1, 0.15) is 49.0 Å². The average Bonchev–Trinajstić information content (AvgIpc) is 3.33. The number of hydrogen-bond donors (Lipinski definition) is 3. The molecule has 0 aromatic heterocycles. The quantitative estimate of drug-likeness (QED) is 0.338. The molecule has 0 unspecified atom stereocenters. The van der Waals surface area contributed by atoms with Crippen molar-refractivity contribution in [2.75, 3.05) is 13.6 Å². The maximum atomic E-state index is 13.5. The fraction of sp³-hybridized carbons (Fsp3) is 0.452. The van der Waals surface area contributed by atoms with Gasteiger partial charge in [0.1, 0.15) is 11.9 Å². The number of nitrogens with zero attached hydrogens (tertiary/aromatic N) is 1. The predicted molar refractivity (Wildman–Crippen MR) is 146 cm³/mol. The minimum Gasteiger partial charge on any atom is -0.504 e. The second-order valence-electron chi connectivity index (χ2n) is 11.4. The van der Waals surface area contributed by atoms with Crippen LogP contribution in [0, 0.1) is 0 Å². The van der Waals surface area contributed by atoms with Crippen molar-refractivity contribution in [1.82, 2.24) is 4.90 Å². The molecule has 4 aliphatic rings. The Morgan fingerprint density at radius 1 is 1.16 bits per heavy atom. The van der Waals surface area contributed by atoms with E-state index < -0.39 is 53.7 Å². The molecule has 2 aliphatic carbocycles. The molecular formula is C31H32F3NO9. The Kier molecular flexibility index (Phi) is 8.25. The number of rotatable bonds is 5. The van der Waals surface area contributed by atoms with Crippen LogP contribution in [0.5, 0.6) is 11.5 Å². The molecule has 13 heteroatoms. The Balaban J connectivity index is 0.000000584. The lowest BCUT2D eigenvalue weighted by Crippen LogP contribution is -2.69. The highest BCUT2D eigenvalue weighted by atomic mass is 19.4. The first-order valence-electron chi connectivity index (χ1n) is 14.1. The van der Waals surface area contributed by atoms with E-state index in [1.54, 1.807) is 42.5 Å². The first-order valence-corrected chi connectivity index (χ1v) is 14.1. The maximum Gasteiger partial charge on any atom is 0.446 e. The molecule has 10 nitrogen and oxygen atoms in total. The van der Waals surface area contributed by atoms with Gasteiger partial charge in [0, 0.05) is 23.6 Å². The van der Waals surface area contributed by atoms with Crippen LogP contribution in [0.3, 0.4) is 0 Å². The van der Waals surface area contributed by atoms with Gasteiger partial charge in [-0.2, -0.15) is 13.2 Å². The number of carbonyl (C=O) groups excluding carboxylic acids is 3. The third kappa shape index (κ3) is 5.22. The third-order valence-corrected chi connectivity index (χ3v) is 8.82. The van der Waals surface area contributed by atoms with Crippen LogP contribution >= 0.6 is 0 Å². The van der Waals surface area contributed by atoms with Gasteiger partial charge >= 0.3 is 18.1 Å². The standard InChI is InChI=1S/C29H31NO8.C2HF3O/c1-16(31)26(33)38-23(17-7-4-3-5-8-17)27(34)36-20-11-13-29(35)21-15-18-9-10-19(32)24-22(18)28(29,25(20)37-24)12-6-14-30(21)2;3-2(4,5)1-6/h3-5,7-11,16,21,23,25,31-32,35H,6,12-15H2,1-2H3;1H/t16-,21+,23-,25-,28-,29+;/m0./s1. The van der Waals surface area contributed by atoms with Gasteiger partial charge in [-0.3, -0.25) is 4.79 Å². The normalized spacial score (nSPS) is 28.0. The van der Waals surface area contributed by atoms with Gasteiger partial charge in [0.25, 0.3) is 0 Å². The Bertz CT molecular complexity index is 1480. The largest absolute Gasteiger partial charge is 0.504 e. The van der Waals surface area contributed by atoms with Crippen molar-refractivity contribution in [1.29, 1.82) is 0 Å². The van der Waals surface area contributed by atoms with Crippen LogP contribution in [-0.4, -0.2) is 82.1 Å². The number of aldehydes is 1. The molecule has 1 spiro atoms. The summed E-state index contributed by atoms with van der Waals surface area (Å²) in [6, 6.07) is 11.7. The number of ether oxygens (including phenoxy) is 3. The van der Waals surface area contributed by atoms with Crippen LogP contribution in [0.4, 0.5) is 13.2 Å². The molecule has 2 aromatic rings. The molecule has 0 radical (unpaired) electrons. The van der Waals surface area contributed by atoms with Gasteiger partial charge in [-0.15, -0.1) is 0 Å². The van der Waals surface area contributed by atoms with Gasteiger partial charge in [-0.05, 0) is 57.5 Å². The molecule has 6 atom stereocenters. The van der Waals surface area contributed by atoms with Crippen molar-refractivity contribution in [2.24, 2.45) is 0 Å². The lowest BCUT2D eigenvalue weighted by atomic mass is 9.52. The Morgan fingerprint density at radius 3 is 2.48 bits per heavy atom. The molecule has 2 aliphatic heterocycles. The number of aliphatic hydroxyl groups excluding tert-OH is 1. The smallest absolute Gasteiger partial charge is 0.446 e. The van der Waals surface area contributed by atoms with Gasteiger partial charge in [0.05, 0.1) is 11.0 Å². The molecule has 0 amide bonds. The molecule has 0 saturated carbocycles. The van der Waals surface area contributed by atoms with Crippen LogP contribution < -0.4 is 4.74 Å². The zero-order valence-electron chi connectivity index (χ0n) is 23.9. The van der Waals surface area contributed by atoms with Crippen molar-refractivity contribution in [3.8, 4) is 11.5 Å². The molecule has 2 heterocycles. The molecule has 2 bridgehead atoms. The van der Waals surface area contributed by atoms with E-state index in [1.807, 2.05) is 13.1 Å². The molecule has 1 fully saturated rings. The number of likely N-dealkylation sites (tertiary alicyclic amines) is 1. The molecule has 1 saturated heterocycles. The van der Waals surface area contributed by atoms with Gasteiger partial charge < -0.3 is 34.4 Å². The summed E-state index contributed by atoms with van der Waals surface area (Å²) in [5, 5.41) is 32.8. The van der Waals surface area contributed by atoms with Crippen molar-refractivity contribution >= 4 is 18.2 Å². The van der Waals surface area contributed by atoms with E-state index in [0.717, 1.165) is 24.1 Å². The fourth-order valence-corrected chi connectivity index (χ4v) is 6.96. The Hall–Kier alpha value is -3.94. The average molecular weight is 620 g/mol. The zero-order chi connectivity index (χ0) is 32.0. The van der Waals surface area contributed by atoms with Crippen LogP contribution in [0.15, 0.2) is 54.3 Å². The maximum absolute atomic E-state index is 13.5. The number of esters is 2.